The maximum absolute atomic E-state index is 13.1. The van der Waals surface area contributed by atoms with Crippen molar-refractivity contribution >= 4 is 11.8 Å². The van der Waals surface area contributed by atoms with Crippen LogP contribution < -0.4 is 15.4 Å². The first kappa shape index (κ1) is 22.6. The molecule has 9 nitrogen and oxygen atoms in total. The van der Waals surface area contributed by atoms with Crippen LogP contribution in [0.5, 0.6) is 5.88 Å². The zero-order valence-electron chi connectivity index (χ0n) is 17.4. The van der Waals surface area contributed by atoms with Crippen LogP contribution in [0.15, 0.2) is 18.7 Å². The smallest absolute Gasteiger partial charge is 0.278 e. The van der Waals surface area contributed by atoms with Gasteiger partial charge in [0, 0.05) is 25.7 Å². The van der Waals surface area contributed by atoms with Crippen molar-refractivity contribution in [3.05, 3.63) is 29.8 Å². The molecule has 1 unspecified atom stereocenters. The molecule has 2 heterocycles. The van der Waals surface area contributed by atoms with Gasteiger partial charge in [0.05, 0.1) is 17.4 Å². The fourth-order valence-corrected chi connectivity index (χ4v) is 3.41. The lowest BCUT2D eigenvalue weighted by atomic mass is 9.83. The monoisotopic (exact) mass is 433 g/mol. The number of hydrogen-bond acceptors (Lipinski definition) is 9. The summed E-state index contributed by atoms with van der Waals surface area (Å²) in [4.78, 5) is 16.3. The maximum Gasteiger partial charge on any atom is 0.278 e. The summed E-state index contributed by atoms with van der Waals surface area (Å²) < 4.78 is 31.3. The van der Waals surface area contributed by atoms with E-state index in [-0.39, 0.29) is 30.0 Å². The first-order valence-electron chi connectivity index (χ1n) is 9.95. The van der Waals surface area contributed by atoms with Gasteiger partial charge in [-0.1, -0.05) is 0 Å². The quantitative estimate of drug-likeness (QED) is 0.575. The zero-order chi connectivity index (χ0) is 22.5. The largest absolute Gasteiger partial charge is 0.471 e. The molecule has 1 aliphatic rings. The summed E-state index contributed by atoms with van der Waals surface area (Å²) in [5.74, 6) is -2.34. The Labute approximate surface area is 178 Å². The third-order valence-electron chi connectivity index (χ3n) is 4.85. The van der Waals surface area contributed by atoms with E-state index in [0.717, 1.165) is 26.2 Å². The summed E-state index contributed by atoms with van der Waals surface area (Å²) in [6.45, 7) is 1.89. The van der Waals surface area contributed by atoms with E-state index in [1.165, 1.54) is 18.7 Å². The number of alkyl halides is 2. The van der Waals surface area contributed by atoms with Crippen molar-refractivity contribution in [1.29, 1.82) is 5.26 Å². The van der Waals surface area contributed by atoms with E-state index in [1.807, 2.05) is 0 Å². The summed E-state index contributed by atoms with van der Waals surface area (Å²) in [5.41, 5.74) is -0.0129. The lowest BCUT2D eigenvalue weighted by Gasteiger charge is -2.34. The molecule has 3 N–H and O–H groups in total. The molecule has 2 aromatic rings. The molecule has 0 bridgehead atoms. The van der Waals surface area contributed by atoms with Crippen LogP contribution in [0.2, 0.25) is 0 Å². The van der Waals surface area contributed by atoms with Crippen LogP contribution in [0.3, 0.4) is 0 Å². The van der Waals surface area contributed by atoms with Crippen LogP contribution in [0, 0.1) is 11.3 Å². The molecule has 166 valence electrons. The highest BCUT2D eigenvalue weighted by Crippen LogP contribution is 2.30. The molecule has 11 heteroatoms. The third-order valence-corrected chi connectivity index (χ3v) is 4.85. The number of nitriles is 1. The van der Waals surface area contributed by atoms with Crippen molar-refractivity contribution in [2.45, 2.75) is 63.6 Å². The molecule has 1 saturated carbocycles. The molecule has 1 aliphatic carbocycles. The van der Waals surface area contributed by atoms with Crippen LogP contribution in [0.4, 0.5) is 20.5 Å². The fraction of sp³-hybridized carbons (Fsp3) is 0.550. The Morgan fingerprint density at radius 3 is 2.90 bits per heavy atom. The van der Waals surface area contributed by atoms with Gasteiger partial charge in [0.2, 0.25) is 11.8 Å². The highest BCUT2D eigenvalue weighted by Gasteiger charge is 2.30. The first-order chi connectivity index (χ1) is 14.6. The van der Waals surface area contributed by atoms with E-state index < -0.39 is 18.1 Å². The van der Waals surface area contributed by atoms with Crippen molar-refractivity contribution in [2.75, 3.05) is 17.2 Å². The van der Waals surface area contributed by atoms with Crippen molar-refractivity contribution in [3.63, 3.8) is 0 Å². The number of ether oxygens (including phenoxy) is 1. The third kappa shape index (κ3) is 6.68. The fourth-order valence-electron chi connectivity index (χ4n) is 3.41. The Morgan fingerprint density at radius 1 is 1.39 bits per heavy atom. The summed E-state index contributed by atoms with van der Waals surface area (Å²) in [7, 11) is 0. The second kappa shape index (κ2) is 9.34. The molecule has 0 aromatic carbocycles. The van der Waals surface area contributed by atoms with Crippen LogP contribution in [-0.2, 0) is 6.54 Å². The minimum absolute atomic E-state index is 0.0168. The minimum atomic E-state index is -2.99. The SMILES string of the molecule is CC(F)(F)COc1ncncc1CNc1ncc(C#N)c(N[C@@H]2CCCC(C)(O)C2)n1. The van der Waals surface area contributed by atoms with E-state index in [4.69, 9.17) is 4.74 Å². The maximum atomic E-state index is 13.1. The Bertz CT molecular complexity index is 944. The summed E-state index contributed by atoms with van der Waals surface area (Å²) in [6, 6.07) is 2.04. The number of halogens is 2. The summed E-state index contributed by atoms with van der Waals surface area (Å²) in [5, 5.41) is 25.9. The molecular formula is C20H25F2N7O2. The predicted molar refractivity (Wildman–Crippen MR) is 109 cm³/mol. The summed E-state index contributed by atoms with van der Waals surface area (Å²) in [6.07, 6.45) is 7.08. The highest BCUT2D eigenvalue weighted by molar-refractivity contribution is 5.54. The summed E-state index contributed by atoms with van der Waals surface area (Å²) >= 11 is 0. The minimum Gasteiger partial charge on any atom is -0.471 e. The predicted octanol–water partition coefficient (Wildman–Crippen LogP) is 2.89. The van der Waals surface area contributed by atoms with Crippen LogP contribution in [0.1, 0.15) is 50.7 Å². The molecule has 1 fully saturated rings. The number of nitrogens with one attached hydrogen (secondary N) is 2. The standard InChI is InChI=1S/C20H25F2N7O2/c1-19(30)5-3-4-15(6-19)28-16-13(7-23)9-25-18(29-16)26-10-14-8-24-12-27-17(14)31-11-20(2,21)22/h8-9,12,15,30H,3-6,10-11H2,1-2H3,(H2,25,26,28,29)/t15-,19?/m1/s1. The van der Waals surface area contributed by atoms with Crippen molar-refractivity contribution < 1.29 is 18.6 Å². The molecule has 2 aromatic heterocycles. The molecule has 3 rings (SSSR count). The van der Waals surface area contributed by atoms with Crippen molar-refractivity contribution in [1.82, 2.24) is 19.9 Å². The van der Waals surface area contributed by atoms with Gasteiger partial charge < -0.3 is 20.5 Å². The molecule has 0 aliphatic heterocycles. The topological polar surface area (TPSA) is 129 Å². The second-order valence-electron chi connectivity index (χ2n) is 8.07. The van der Waals surface area contributed by atoms with Crippen LogP contribution in [0.25, 0.3) is 0 Å². The van der Waals surface area contributed by atoms with Crippen molar-refractivity contribution in [2.24, 2.45) is 0 Å². The highest BCUT2D eigenvalue weighted by atomic mass is 19.3. The number of aromatic nitrogens is 4. The Balaban J connectivity index is 1.69. The Kier molecular flexibility index (Phi) is 6.80. The number of hydrogen-bond donors (Lipinski definition) is 3. The average Bonchev–Trinajstić information content (AvgIpc) is 2.70. The van der Waals surface area contributed by atoms with Gasteiger partial charge >= 0.3 is 0 Å². The Morgan fingerprint density at radius 2 is 2.19 bits per heavy atom. The average molecular weight is 433 g/mol. The van der Waals surface area contributed by atoms with Gasteiger partial charge in [-0.25, -0.2) is 23.7 Å². The van der Waals surface area contributed by atoms with Gasteiger partial charge in [0.1, 0.15) is 23.8 Å². The van der Waals surface area contributed by atoms with Crippen molar-refractivity contribution in [3.8, 4) is 11.9 Å². The van der Waals surface area contributed by atoms with E-state index in [0.29, 0.717) is 17.8 Å². The van der Waals surface area contributed by atoms with Gasteiger partial charge in [0.15, 0.2) is 6.61 Å². The molecule has 0 saturated heterocycles. The lowest BCUT2D eigenvalue weighted by Crippen LogP contribution is -2.38. The number of aliphatic hydroxyl groups is 1. The van der Waals surface area contributed by atoms with E-state index >= 15 is 0 Å². The van der Waals surface area contributed by atoms with Gasteiger partial charge in [-0.05, 0) is 32.6 Å². The molecule has 2 atom stereocenters. The molecule has 0 radical (unpaired) electrons. The molecule has 0 spiro atoms. The van der Waals surface area contributed by atoms with Crippen LogP contribution >= 0.6 is 0 Å². The zero-order valence-corrected chi connectivity index (χ0v) is 17.4. The second-order valence-corrected chi connectivity index (χ2v) is 8.07. The normalized spacial score (nSPS) is 21.2. The number of anilines is 2. The molecular weight excluding hydrogens is 408 g/mol. The van der Waals surface area contributed by atoms with E-state index in [1.54, 1.807) is 6.92 Å². The van der Waals surface area contributed by atoms with Gasteiger partial charge in [-0.15, -0.1) is 0 Å². The number of nitrogens with zero attached hydrogens (tertiary/aromatic N) is 5. The van der Waals surface area contributed by atoms with Gasteiger partial charge in [-0.2, -0.15) is 10.2 Å². The molecule has 0 amide bonds. The van der Waals surface area contributed by atoms with Crippen LogP contribution in [-0.4, -0.2) is 49.2 Å². The van der Waals surface area contributed by atoms with Gasteiger partial charge in [0.25, 0.3) is 5.92 Å². The number of rotatable bonds is 8. The Hall–Kier alpha value is -3.13. The molecule has 31 heavy (non-hydrogen) atoms. The van der Waals surface area contributed by atoms with Gasteiger partial charge in [-0.3, -0.25) is 0 Å². The lowest BCUT2D eigenvalue weighted by molar-refractivity contribution is -0.0245. The van der Waals surface area contributed by atoms with E-state index in [9.17, 15) is 19.1 Å². The van der Waals surface area contributed by atoms with E-state index in [2.05, 4.69) is 36.6 Å². The first-order valence-corrected chi connectivity index (χ1v) is 9.95.